The van der Waals surface area contributed by atoms with Gasteiger partial charge in [-0.3, -0.25) is 19.3 Å². The monoisotopic (exact) mass is 798 g/mol. The molecule has 10 nitrogen and oxygen atoms in total. The summed E-state index contributed by atoms with van der Waals surface area (Å²) in [6.45, 7) is 6.19. The van der Waals surface area contributed by atoms with Gasteiger partial charge in [-0.1, -0.05) is 168 Å². The molecule has 0 fully saturated rings. The highest BCUT2D eigenvalue weighted by Crippen LogP contribution is 2.18. The molecule has 1 amide bonds. The molecule has 0 aliphatic rings. The van der Waals surface area contributed by atoms with Crippen LogP contribution in [-0.2, 0) is 28.7 Å². The third-order valence-corrected chi connectivity index (χ3v) is 9.66. The van der Waals surface area contributed by atoms with Crippen molar-refractivity contribution in [1.29, 1.82) is 0 Å². The number of hydrogen-bond acceptors (Lipinski definition) is 8. The summed E-state index contributed by atoms with van der Waals surface area (Å²) in [5, 5.41) is 10.0. The van der Waals surface area contributed by atoms with Gasteiger partial charge in [-0.2, -0.15) is 0 Å². The Morgan fingerprint density at radius 3 is 1.19 bits per heavy atom. The molecule has 0 aliphatic heterocycles. The third kappa shape index (κ3) is 32.3. The molecule has 316 valence electrons. The molecule has 3 atom stereocenters. The number of carbonyl (C=O) groups is 4. The number of aliphatic carboxylic acids is 1. The molecule has 12 heteroatoms. The van der Waals surface area contributed by atoms with E-state index in [0.29, 0.717) is 25.8 Å². The number of carboxylic acid groups (broad SMARTS) is 1. The number of ether oxygens (including phenoxy) is 2. The number of nitrogens with zero attached hydrogens (tertiary/aromatic N) is 1. The number of rotatable bonds is 37. The predicted molar refractivity (Wildman–Crippen MR) is 221 cm³/mol. The van der Waals surface area contributed by atoms with E-state index in [9.17, 15) is 24.3 Å². The summed E-state index contributed by atoms with van der Waals surface area (Å²) in [5.74, 6) is -3.57. The molecule has 5 N–H and O–H groups in total. The number of hydrogen-bond donors (Lipinski definition) is 3. The normalized spacial score (nSPS) is 12.5. The Bertz CT molecular complexity index is 884. The van der Waals surface area contributed by atoms with Crippen molar-refractivity contribution in [2.24, 2.45) is 11.5 Å². The van der Waals surface area contributed by atoms with Crippen molar-refractivity contribution in [3.05, 3.63) is 0 Å². The van der Waals surface area contributed by atoms with Crippen molar-refractivity contribution in [1.82, 2.24) is 4.90 Å². The Morgan fingerprint density at radius 2 is 0.868 bits per heavy atom. The number of amides is 1. The lowest BCUT2D eigenvalue weighted by Gasteiger charge is -2.34. The van der Waals surface area contributed by atoms with Crippen molar-refractivity contribution in [2.45, 2.75) is 232 Å². The number of esters is 2. The fraction of sp³-hybridized carbons (Fsp3) is 0.902. The van der Waals surface area contributed by atoms with Crippen LogP contribution in [0.25, 0.3) is 0 Å². The van der Waals surface area contributed by atoms with Crippen molar-refractivity contribution in [2.75, 3.05) is 6.54 Å². The smallest absolute Gasteiger partial charge is 0.367 e. The van der Waals surface area contributed by atoms with E-state index in [1.54, 1.807) is 0 Å². The molecule has 0 rings (SSSR count). The van der Waals surface area contributed by atoms with Gasteiger partial charge in [0.25, 0.3) is 6.23 Å². The molecule has 0 saturated carbocycles. The predicted octanol–water partition coefficient (Wildman–Crippen LogP) is 10.5. The summed E-state index contributed by atoms with van der Waals surface area (Å²) < 4.78 is 10.9. The second-order valence-corrected chi connectivity index (χ2v) is 14.5. The Hall–Kier alpha value is -1.62. The van der Waals surface area contributed by atoms with Crippen LogP contribution in [0.2, 0.25) is 0 Å². The number of nitrogens with two attached hydrogens (primary N) is 2. The Labute approximate surface area is 336 Å². The van der Waals surface area contributed by atoms with Crippen LogP contribution in [0, 0.1) is 0 Å². The molecule has 0 radical (unpaired) electrons. The second kappa shape index (κ2) is 40.1. The van der Waals surface area contributed by atoms with Crippen molar-refractivity contribution >= 4 is 48.6 Å². The van der Waals surface area contributed by atoms with Gasteiger partial charge in [0.15, 0.2) is 6.23 Å². The van der Waals surface area contributed by atoms with E-state index in [4.69, 9.17) is 20.9 Å². The van der Waals surface area contributed by atoms with Crippen LogP contribution in [-0.4, -0.2) is 58.9 Å². The summed E-state index contributed by atoms with van der Waals surface area (Å²) >= 11 is 0. The van der Waals surface area contributed by atoms with E-state index in [0.717, 1.165) is 43.4 Å². The first kappa shape index (κ1) is 55.7. The van der Waals surface area contributed by atoms with Crippen LogP contribution in [0.15, 0.2) is 0 Å². The summed E-state index contributed by atoms with van der Waals surface area (Å²) in [6, 6.07) is -1.09. The van der Waals surface area contributed by atoms with Crippen LogP contribution in [0.5, 0.6) is 0 Å². The van der Waals surface area contributed by atoms with Gasteiger partial charge in [-0.25, -0.2) is 4.79 Å². The van der Waals surface area contributed by atoms with Crippen LogP contribution in [0.3, 0.4) is 0 Å². The summed E-state index contributed by atoms with van der Waals surface area (Å²) in [4.78, 5) is 52.0. The highest BCUT2D eigenvalue weighted by atomic mass is 35.5. The van der Waals surface area contributed by atoms with Gasteiger partial charge >= 0.3 is 17.9 Å². The van der Waals surface area contributed by atoms with E-state index < -0.39 is 42.3 Å². The van der Waals surface area contributed by atoms with Gasteiger partial charge in [0.05, 0.1) is 6.04 Å². The largest absolute Gasteiger partial charge is 0.477 e. The van der Waals surface area contributed by atoms with E-state index >= 15 is 0 Å². The zero-order valence-electron chi connectivity index (χ0n) is 34.0. The van der Waals surface area contributed by atoms with Gasteiger partial charge in [0.1, 0.15) is 0 Å². The average Bonchev–Trinajstić information content (AvgIpc) is 3.10. The molecule has 0 aromatic carbocycles. The highest BCUT2D eigenvalue weighted by Gasteiger charge is 2.40. The third-order valence-electron chi connectivity index (χ3n) is 9.66. The SMILES string of the molecule is CCCCCCCCCCCCCCCC(=O)OC(C)N(C(=O)[C@@H](N)CCCN)C(OC(=O)CCCCCCCCCCCCCCC)C(=O)O.Cl.Cl. The zero-order chi connectivity index (χ0) is 38.0. The molecule has 0 spiro atoms. The number of unbranched alkanes of at least 4 members (excludes halogenated alkanes) is 24. The van der Waals surface area contributed by atoms with E-state index in [2.05, 4.69) is 13.8 Å². The quantitative estimate of drug-likeness (QED) is 0.0315. The van der Waals surface area contributed by atoms with Crippen LogP contribution >= 0.6 is 24.8 Å². The van der Waals surface area contributed by atoms with Gasteiger partial charge in [-0.05, 0) is 39.2 Å². The van der Waals surface area contributed by atoms with E-state index in [-0.39, 0.29) is 44.1 Å². The molecule has 53 heavy (non-hydrogen) atoms. The molecule has 2 unspecified atom stereocenters. The molecule has 0 heterocycles. The Morgan fingerprint density at radius 1 is 0.547 bits per heavy atom. The molecule has 0 bridgehead atoms. The maximum absolute atomic E-state index is 13.4. The summed E-state index contributed by atoms with van der Waals surface area (Å²) in [7, 11) is 0. The summed E-state index contributed by atoms with van der Waals surface area (Å²) in [5.41, 5.74) is 11.7. The fourth-order valence-corrected chi connectivity index (χ4v) is 6.43. The minimum atomic E-state index is -1.96. The molecule has 0 aromatic rings. The van der Waals surface area contributed by atoms with Crippen molar-refractivity contribution in [3.8, 4) is 0 Å². The number of carboxylic acids is 1. The van der Waals surface area contributed by atoms with Crippen LogP contribution in [0.1, 0.15) is 213 Å². The van der Waals surface area contributed by atoms with Crippen molar-refractivity contribution < 1.29 is 33.8 Å². The van der Waals surface area contributed by atoms with Crippen molar-refractivity contribution in [3.63, 3.8) is 0 Å². The molecule has 0 aliphatic carbocycles. The topological polar surface area (TPSA) is 162 Å². The fourth-order valence-electron chi connectivity index (χ4n) is 6.43. The molecule has 0 saturated heterocycles. The number of halogens is 2. The Balaban J connectivity index is -0.0000125. The second-order valence-electron chi connectivity index (χ2n) is 14.5. The molecule has 0 aromatic heterocycles. The summed E-state index contributed by atoms with van der Waals surface area (Å²) in [6.07, 6.45) is 28.1. The first-order chi connectivity index (χ1) is 24.7. The standard InChI is InChI=1S/C41H79N3O7.2ClH/c1-4-6-8-10-12-14-16-18-20-22-24-26-28-32-37(45)50-35(3)44(39(47)36(43)31-30-34-42)40(41(48)49)51-38(46)33-29-27-25-23-21-19-17-15-13-11-9-7-5-2;;/h35-36,40H,4-34,42-43H2,1-3H3,(H,48,49);2*1H/t35?,36-,40?;;/m0../s1. The van der Waals surface area contributed by atoms with Gasteiger partial charge < -0.3 is 26.0 Å². The molecular formula is C41H81Cl2N3O7. The highest BCUT2D eigenvalue weighted by molar-refractivity contribution is 5.88. The zero-order valence-corrected chi connectivity index (χ0v) is 35.6. The van der Waals surface area contributed by atoms with Crippen LogP contribution < -0.4 is 11.5 Å². The lowest BCUT2D eigenvalue weighted by molar-refractivity contribution is -0.199. The molecular weight excluding hydrogens is 717 g/mol. The Kier molecular flexibility index (Phi) is 42.1. The lowest BCUT2D eigenvalue weighted by atomic mass is 10.0. The van der Waals surface area contributed by atoms with E-state index in [1.807, 2.05) is 0 Å². The maximum Gasteiger partial charge on any atom is 0.367 e. The van der Waals surface area contributed by atoms with Gasteiger partial charge in [0.2, 0.25) is 5.91 Å². The van der Waals surface area contributed by atoms with Gasteiger partial charge in [-0.15, -0.1) is 24.8 Å². The first-order valence-corrected chi connectivity index (χ1v) is 21.1. The lowest BCUT2D eigenvalue weighted by Crippen LogP contribution is -2.57. The van der Waals surface area contributed by atoms with E-state index in [1.165, 1.54) is 122 Å². The maximum atomic E-state index is 13.4. The van der Waals surface area contributed by atoms with Gasteiger partial charge in [0, 0.05) is 12.8 Å². The first-order valence-electron chi connectivity index (χ1n) is 21.1. The minimum Gasteiger partial charge on any atom is -0.477 e. The number of carbonyl (C=O) groups excluding carboxylic acids is 3. The average molecular weight is 799 g/mol. The minimum absolute atomic E-state index is 0. The van der Waals surface area contributed by atoms with Crippen LogP contribution in [0.4, 0.5) is 0 Å².